The summed E-state index contributed by atoms with van der Waals surface area (Å²) in [5, 5.41) is 14.1. The van der Waals surface area contributed by atoms with E-state index in [4.69, 9.17) is 17.2 Å². The fourth-order valence-electron chi connectivity index (χ4n) is 6.86. The molecular formula is C42H63N9O7. The number of hydrogen-bond donors (Lipinski definition) is 8. The normalized spacial score (nSPS) is 15.6. The van der Waals surface area contributed by atoms with Gasteiger partial charge in [0, 0.05) is 38.9 Å². The highest BCUT2D eigenvalue weighted by Gasteiger charge is 2.34. The fourth-order valence-corrected chi connectivity index (χ4v) is 6.86. The Hall–Kier alpha value is -5.35. The first-order chi connectivity index (χ1) is 27.7. The lowest BCUT2D eigenvalue weighted by Crippen LogP contribution is -2.59. The minimum Gasteiger partial charge on any atom is -0.370 e. The second-order valence-electron chi connectivity index (χ2n) is 15.4. The van der Waals surface area contributed by atoms with Gasteiger partial charge < -0.3 is 48.7 Å². The Labute approximate surface area is 341 Å². The summed E-state index contributed by atoms with van der Waals surface area (Å²) in [6.07, 6.45) is 3.08. The number of unbranched alkanes of at least 4 members (excludes halogenated alkanes) is 1. The summed E-state index contributed by atoms with van der Waals surface area (Å²) >= 11 is 0. The second-order valence-corrected chi connectivity index (χ2v) is 15.4. The van der Waals surface area contributed by atoms with Gasteiger partial charge in [-0.2, -0.15) is 0 Å². The Balaban J connectivity index is 1.71. The first-order valence-electron chi connectivity index (χ1n) is 20.3. The molecule has 58 heavy (non-hydrogen) atoms. The predicted molar refractivity (Wildman–Crippen MR) is 220 cm³/mol. The van der Waals surface area contributed by atoms with E-state index < -0.39 is 65.7 Å². The van der Waals surface area contributed by atoms with Crippen molar-refractivity contribution in [3.8, 4) is 0 Å². The molecule has 0 unspecified atom stereocenters. The maximum absolute atomic E-state index is 14.0. The Morgan fingerprint density at radius 2 is 1.24 bits per heavy atom. The third kappa shape index (κ3) is 16.6. The van der Waals surface area contributed by atoms with Crippen molar-refractivity contribution in [3.05, 3.63) is 71.8 Å². The summed E-state index contributed by atoms with van der Waals surface area (Å²) < 4.78 is 0. The minimum absolute atomic E-state index is 0.0147. The van der Waals surface area contributed by atoms with Gasteiger partial charge in [-0.25, -0.2) is 0 Å². The monoisotopic (exact) mass is 805 g/mol. The molecule has 0 radical (unpaired) electrons. The van der Waals surface area contributed by atoms with Gasteiger partial charge in [-0.05, 0) is 75.0 Å². The van der Waals surface area contributed by atoms with E-state index in [9.17, 15) is 33.6 Å². The van der Waals surface area contributed by atoms with Gasteiger partial charge in [-0.15, -0.1) is 0 Å². The Kier molecular flexibility index (Phi) is 19.8. The number of primary amides is 1. The number of benzene rings is 2. The lowest BCUT2D eigenvalue weighted by molar-refractivity contribution is -0.139. The van der Waals surface area contributed by atoms with E-state index in [-0.39, 0.29) is 50.0 Å². The molecule has 1 heterocycles. The van der Waals surface area contributed by atoms with Crippen LogP contribution in [0, 0.1) is 5.92 Å². The van der Waals surface area contributed by atoms with Crippen LogP contribution >= 0.6 is 0 Å². The predicted octanol–water partition coefficient (Wildman–Crippen LogP) is 0.306. The van der Waals surface area contributed by atoms with Crippen LogP contribution in [0.15, 0.2) is 60.7 Å². The maximum atomic E-state index is 14.0. The number of piperidine rings is 1. The third-order valence-corrected chi connectivity index (χ3v) is 9.98. The van der Waals surface area contributed by atoms with E-state index in [1.54, 1.807) is 4.90 Å². The van der Waals surface area contributed by atoms with Crippen LogP contribution in [0.25, 0.3) is 0 Å². The van der Waals surface area contributed by atoms with E-state index in [2.05, 4.69) is 26.6 Å². The van der Waals surface area contributed by atoms with Gasteiger partial charge in [0.25, 0.3) is 0 Å². The van der Waals surface area contributed by atoms with E-state index in [1.807, 2.05) is 74.5 Å². The number of nitrogens with zero attached hydrogens (tertiary/aromatic N) is 1. The molecule has 16 nitrogen and oxygen atoms in total. The van der Waals surface area contributed by atoms with Crippen LogP contribution in [-0.2, 0) is 46.4 Å². The zero-order valence-corrected chi connectivity index (χ0v) is 34.0. The van der Waals surface area contributed by atoms with E-state index in [0.29, 0.717) is 51.7 Å². The fraction of sp³-hybridized carbons (Fsp3) is 0.548. The largest absolute Gasteiger partial charge is 0.370 e. The summed E-state index contributed by atoms with van der Waals surface area (Å²) in [5.74, 6) is -3.33. The molecule has 11 N–H and O–H groups in total. The van der Waals surface area contributed by atoms with Gasteiger partial charge in [0.05, 0.1) is 6.04 Å². The van der Waals surface area contributed by atoms with Gasteiger partial charge >= 0.3 is 0 Å². The molecule has 318 valence electrons. The molecular weight excluding hydrogens is 743 g/mol. The molecule has 0 aromatic heterocycles. The average Bonchev–Trinajstić information content (AvgIpc) is 3.18. The Bertz CT molecular complexity index is 1650. The number of nitrogens with two attached hydrogens (primary N) is 3. The number of carbonyl (C=O) groups is 7. The molecule has 0 aliphatic carbocycles. The molecule has 1 fully saturated rings. The number of likely N-dealkylation sites (tertiary alicyclic amines) is 1. The molecule has 1 aliphatic heterocycles. The highest BCUT2D eigenvalue weighted by atomic mass is 16.2. The van der Waals surface area contributed by atoms with Crippen molar-refractivity contribution in [1.82, 2.24) is 31.5 Å². The van der Waals surface area contributed by atoms with Crippen LogP contribution in [0.2, 0.25) is 0 Å². The summed E-state index contributed by atoms with van der Waals surface area (Å²) in [4.78, 5) is 93.0. The van der Waals surface area contributed by atoms with Crippen molar-refractivity contribution in [2.75, 3.05) is 19.6 Å². The van der Waals surface area contributed by atoms with Crippen molar-refractivity contribution < 1.29 is 33.6 Å². The SMILES string of the molecule is CC(=O)N[C@@H](CCC(N)=O)C(=O)NC1CCN(C(=O)[C@@H](CCCCN)NC(=O)[C@@H](CC(C)C)NC(=O)[C@@H](Cc2ccccc2)NC(=O)[C@H](N)Cc2ccccc2)CC1. The molecule has 2 aromatic rings. The molecule has 7 amide bonds. The number of hydrogen-bond acceptors (Lipinski definition) is 9. The Morgan fingerprint density at radius 3 is 1.79 bits per heavy atom. The molecule has 0 saturated carbocycles. The second kappa shape index (κ2) is 24.4. The summed E-state index contributed by atoms with van der Waals surface area (Å²) in [7, 11) is 0. The van der Waals surface area contributed by atoms with Crippen molar-refractivity contribution >= 4 is 41.4 Å². The number of carbonyl (C=O) groups excluding carboxylic acids is 7. The summed E-state index contributed by atoms with van der Waals surface area (Å²) in [6.45, 7) is 6.14. The zero-order chi connectivity index (χ0) is 42.6. The highest BCUT2D eigenvalue weighted by Crippen LogP contribution is 2.16. The van der Waals surface area contributed by atoms with E-state index in [0.717, 1.165) is 11.1 Å². The molecule has 16 heteroatoms. The van der Waals surface area contributed by atoms with Crippen molar-refractivity contribution in [3.63, 3.8) is 0 Å². The Morgan fingerprint density at radius 1 is 0.690 bits per heavy atom. The lowest BCUT2D eigenvalue weighted by atomic mass is 9.99. The van der Waals surface area contributed by atoms with E-state index in [1.165, 1.54) is 6.92 Å². The zero-order valence-electron chi connectivity index (χ0n) is 34.0. The number of nitrogens with one attached hydrogen (secondary N) is 5. The first-order valence-corrected chi connectivity index (χ1v) is 20.3. The summed E-state index contributed by atoms with van der Waals surface area (Å²) in [6, 6.07) is 13.5. The van der Waals surface area contributed by atoms with Crippen LogP contribution in [0.3, 0.4) is 0 Å². The third-order valence-electron chi connectivity index (χ3n) is 9.98. The van der Waals surface area contributed by atoms with Gasteiger partial charge in [-0.3, -0.25) is 33.6 Å². The molecule has 1 saturated heterocycles. The summed E-state index contributed by atoms with van der Waals surface area (Å²) in [5.41, 5.74) is 19.0. The van der Waals surface area contributed by atoms with Crippen LogP contribution in [0.5, 0.6) is 0 Å². The molecule has 0 bridgehead atoms. The van der Waals surface area contributed by atoms with Crippen molar-refractivity contribution in [1.29, 1.82) is 0 Å². The van der Waals surface area contributed by atoms with Gasteiger partial charge in [0.1, 0.15) is 24.2 Å². The maximum Gasteiger partial charge on any atom is 0.245 e. The van der Waals surface area contributed by atoms with Crippen molar-refractivity contribution in [2.24, 2.45) is 23.1 Å². The van der Waals surface area contributed by atoms with Crippen LogP contribution in [0.1, 0.15) is 83.3 Å². The lowest BCUT2D eigenvalue weighted by Gasteiger charge is -2.35. The van der Waals surface area contributed by atoms with Crippen LogP contribution in [0.4, 0.5) is 0 Å². The molecule has 2 aromatic carbocycles. The van der Waals surface area contributed by atoms with Crippen LogP contribution < -0.4 is 43.8 Å². The standard InChI is InChI=1S/C42H63N9O7/c1-27(2)24-35(50-41(57)36(26-30-14-8-5-9-15-30)49-38(54)32(44)25-29-12-6-4-7-13-29)40(56)48-34(16-10-11-21-43)42(58)51-22-19-31(20-23-51)47-39(55)33(46-28(3)52)17-18-37(45)53/h4-9,12-15,27,31-36H,10-11,16-26,43-44H2,1-3H3,(H2,45,53)(H,46,52)(H,47,55)(H,48,56)(H,49,54)(H,50,57)/t32-,33+,34-,35-,36-/m1/s1. The number of amides is 7. The number of rotatable bonds is 23. The highest BCUT2D eigenvalue weighted by molar-refractivity contribution is 5.95. The van der Waals surface area contributed by atoms with Gasteiger partial charge in [0.2, 0.25) is 41.4 Å². The molecule has 0 spiro atoms. The topological polar surface area (TPSA) is 261 Å². The molecule has 3 rings (SSSR count). The molecule has 1 aliphatic rings. The first kappa shape index (κ1) is 47.0. The molecule has 5 atom stereocenters. The minimum atomic E-state index is -1.04. The van der Waals surface area contributed by atoms with Crippen LogP contribution in [-0.4, -0.2) is 102 Å². The smallest absolute Gasteiger partial charge is 0.245 e. The quantitative estimate of drug-likeness (QED) is 0.0718. The van der Waals surface area contributed by atoms with Gasteiger partial charge in [0.15, 0.2) is 0 Å². The average molecular weight is 806 g/mol. The van der Waals surface area contributed by atoms with Crippen molar-refractivity contribution in [2.45, 2.75) is 121 Å². The van der Waals surface area contributed by atoms with E-state index >= 15 is 0 Å². The van der Waals surface area contributed by atoms with Gasteiger partial charge in [-0.1, -0.05) is 74.5 Å².